The topological polar surface area (TPSA) is 177 Å². The van der Waals surface area contributed by atoms with Crippen molar-refractivity contribution in [1.29, 1.82) is 0 Å². The molecule has 0 aromatic carbocycles. The third-order valence-corrected chi connectivity index (χ3v) is 3.43. The van der Waals surface area contributed by atoms with Crippen LogP contribution < -0.4 is 0 Å². The van der Waals surface area contributed by atoms with Gasteiger partial charge in [-0.05, 0) is 6.92 Å². The molecule has 10 heteroatoms. The molecule has 0 aromatic rings. The highest BCUT2D eigenvalue weighted by molar-refractivity contribution is 5.84. The van der Waals surface area contributed by atoms with Crippen molar-refractivity contribution in [3.8, 4) is 0 Å². The molecule has 0 aliphatic carbocycles. The molecule has 7 N–H and O–H groups in total. The molecular formula is C12H22O10. The van der Waals surface area contributed by atoms with Crippen molar-refractivity contribution in [2.75, 3.05) is 13.2 Å². The first-order valence-electron chi connectivity index (χ1n) is 6.69. The van der Waals surface area contributed by atoms with E-state index in [0.29, 0.717) is 0 Å². The van der Waals surface area contributed by atoms with Crippen LogP contribution in [0.3, 0.4) is 0 Å². The summed E-state index contributed by atoms with van der Waals surface area (Å²) in [5.74, 6) is -1.02. The quantitative estimate of drug-likeness (QED) is 0.241. The number of ketones is 1. The number of rotatable bonds is 7. The molecule has 0 amide bonds. The Morgan fingerprint density at radius 2 is 1.73 bits per heavy atom. The van der Waals surface area contributed by atoms with Crippen molar-refractivity contribution in [1.82, 2.24) is 0 Å². The summed E-state index contributed by atoms with van der Waals surface area (Å²) in [4.78, 5) is 11.6. The Bertz CT molecular complexity index is 364. The fourth-order valence-electron chi connectivity index (χ4n) is 1.91. The Morgan fingerprint density at radius 1 is 1.14 bits per heavy atom. The van der Waals surface area contributed by atoms with Crippen LogP contribution in [0.5, 0.6) is 0 Å². The van der Waals surface area contributed by atoms with Gasteiger partial charge in [0.1, 0.15) is 43.2 Å². The number of carbonyl (C=O) groups excluding carboxylic acids is 1. The van der Waals surface area contributed by atoms with E-state index in [1.807, 2.05) is 0 Å². The van der Waals surface area contributed by atoms with Gasteiger partial charge in [0.05, 0.1) is 12.7 Å². The normalized spacial score (nSPS) is 36.6. The van der Waals surface area contributed by atoms with Crippen LogP contribution in [0.4, 0.5) is 0 Å². The second kappa shape index (κ2) is 8.24. The highest BCUT2D eigenvalue weighted by atomic mass is 16.7. The van der Waals surface area contributed by atoms with Crippen LogP contribution in [0, 0.1) is 0 Å². The summed E-state index contributed by atoms with van der Waals surface area (Å²) in [5.41, 5.74) is 0. The van der Waals surface area contributed by atoms with Crippen molar-refractivity contribution in [3.63, 3.8) is 0 Å². The molecule has 0 spiro atoms. The summed E-state index contributed by atoms with van der Waals surface area (Å²) >= 11 is 0. The lowest BCUT2D eigenvalue weighted by molar-refractivity contribution is -0.291. The Hall–Kier alpha value is -0.690. The standard InChI is InChI=1S/C12H22O10/c1-4-7(16)10(19)11(20)12(22-4)21-3-6(15)9(18)8(17)5(14)2-13/h4-5,7-14,16-20H,2-3H2,1H3/t4-,5-,7-,8+,9+,10+,11+,12+/m0/s1. The molecular weight excluding hydrogens is 304 g/mol. The molecule has 0 aromatic heterocycles. The SMILES string of the molecule is C[C@@H]1O[C@@H](OCC(=O)[C@@H](O)[C@H](O)[C@@H](O)CO)[C@H](O)[C@H](O)[C@H]1O. The summed E-state index contributed by atoms with van der Waals surface area (Å²) in [5, 5.41) is 65.3. The third-order valence-electron chi connectivity index (χ3n) is 3.43. The Labute approximate surface area is 126 Å². The van der Waals surface area contributed by atoms with Gasteiger partial charge in [-0.25, -0.2) is 0 Å². The van der Waals surface area contributed by atoms with Gasteiger partial charge in [0.25, 0.3) is 0 Å². The van der Waals surface area contributed by atoms with E-state index in [-0.39, 0.29) is 0 Å². The third kappa shape index (κ3) is 4.41. The van der Waals surface area contributed by atoms with Crippen LogP contribution in [0.15, 0.2) is 0 Å². The lowest BCUT2D eigenvalue weighted by Crippen LogP contribution is -2.57. The molecule has 0 bridgehead atoms. The molecule has 1 aliphatic rings. The molecule has 1 saturated heterocycles. The van der Waals surface area contributed by atoms with Gasteiger partial charge in [-0.3, -0.25) is 4.79 Å². The van der Waals surface area contributed by atoms with Gasteiger partial charge in [0.15, 0.2) is 12.1 Å². The summed E-state index contributed by atoms with van der Waals surface area (Å²) in [6.07, 6.45) is -12.3. The van der Waals surface area contributed by atoms with Crippen molar-refractivity contribution in [3.05, 3.63) is 0 Å². The number of Topliss-reactive ketones (excluding diaryl/α,β-unsaturated/α-hetero) is 1. The molecule has 0 saturated carbocycles. The lowest BCUT2D eigenvalue weighted by Gasteiger charge is -2.38. The molecule has 22 heavy (non-hydrogen) atoms. The zero-order chi connectivity index (χ0) is 17.0. The zero-order valence-corrected chi connectivity index (χ0v) is 11.9. The highest BCUT2D eigenvalue weighted by Gasteiger charge is 2.43. The summed E-state index contributed by atoms with van der Waals surface area (Å²) in [6, 6.07) is 0. The van der Waals surface area contributed by atoms with Gasteiger partial charge < -0.3 is 45.2 Å². The fraction of sp³-hybridized carbons (Fsp3) is 0.917. The first-order valence-corrected chi connectivity index (χ1v) is 6.69. The van der Waals surface area contributed by atoms with E-state index < -0.39 is 68.0 Å². The Balaban J connectivity index is 2.53. The molecule has 130 valence electrons. The van der Waals surface area contributed by atoms with E-state index in [2.05, 4.69) is 0 Å². The maximum absolute atomic E-state index is 11.6. The van der Waals surface area contributed by atoms with Gasteiger partial charge in [-0.15, -0.1) is 0 Å². The highest BCUT2D eigenvalue weighted by Crippen LogP contribution is 2.21. The Kier molecular flexibility index (Phi) is 7.25. The largest absolute Gasteiger partial charge is 0.394 e. The van der Waals surface area contributed by atoms with Crippen LogP contribution in [-0.4, -0.2) is 104 Å². The minimum absolute atomic E-state index is 0.784. The van der Waals surface area contributed by atoms with Gasteiger partial charge >= 0.3 is 0 Å². The predicted octanol–water partition coefficient (Wildman–Crippen LogP) is -4.53. The number of hydrogen-bond donors (Lipinski definition) is 7. The molecule has 0 unspecified atom stereocenters. The predicted molar refractivity (Wildman–Crippen MR) is 68.4 cm³/mol. The second-order valence-corrected chi connectivity index (χ2v) is 5.14. The maximum Gasteiger partial charge on any atom is 0.189 e. The van der Waals surface area contributed by atoms with E-state index in [4.69, 9.17) is 19.7 Å². The van der Waals surface area contributed by atoms with Crippen molar-refractivity contribution in [2.45, 2.75) is 55.9 Å². The number of aliphatic hydroxyl groups excluding tert-OH is 7. The molecule has 0 radical (unpaired) electrons. The summed E-state index contributed by atoms with van der Waals surface area (Å²) in [7, 11) is 0. The van der Waals surface area contributed by atoms with Crippen LogP contribution in [0.25, 0.3) is 0 Å². The number of aliphatic hydroxyl groups is 7. The summed E-state index contributed by atoms with van der Waals surface area (Å²) in [6.45, 7) is -0.208. The molecule has 1 rings (SSSR count). The zero-order valence-electron chi connectivity index (χ0n) is 11.9. The average Bonchev–Trinajstić information content (AvgIpc) is 2.52. The minimum Gasteiger partial charge on any atom is -0.394 e. The molecule has 1 aliphatic heterocycles. The van der Waals surface area contributed by atoms with Gasteiger partial charge in [-0.1, -0.05) is 0 Å². The average molecular weight is 326 g/mol. The van der Waals surface area contributed by atoms with Gasteiger partial charge in [0.2, 0.25) is 0 Å². The smallest absolute Gasteiger partial charge is 0.189 e. The van der Waals surface area contributed by atoms with E-state index in [1.165, 1.54) is 6.92 Å². The molecule has 1 fully saturated rings. The lowest BCUT2D eigenvalue weighted by atomic mass is 10.00. The monoisotopic (exact) mass is 326 g/mol. The minimum atomic E-state index is -2.00. The molecule has 8 atom stereocenters. The first kappa shape index (κ1) is 19.4. The van der Waals surface area contributed by atoms with E-state index in [1.54, 1.807) is 0 Å². The van der Waals surface area contributed by atoms with Crippen LogP contribution in [0.1, 0.15) is 6.92 Å². The van der Waals surface area contributed by atoms with Crippen LogP contribution in [-0.2, 0) is 14.3 Å². The Morgan fingerprint density at radius 3 is 2.27 bits per heavy atom. The number of hydrogen-bond acceptors (Lipinski definition) is 10. The second-order valence-electron chi connectivity index (χ2n) is 5.14. The van der Waals surface area contributed by atoms with Crippen molar-refractivity contribution in [2.24, 2.45) is 0 Å². The molecule has 10 nitrogen and oxygen atoms in total. The van der Waals surface area contributed by atoms with Gasteiger partial charge in [0, 0.05) is 0 Å². The van der Waals surface area contributed by atoms with Crippen LogP contribution >= 0.6 is 0 Å². The number of carbonyl (C=O) groups is 1. The molecule has 1 heterocycles. The van der Waals surface area contributed by atoms with Crippen molar-refractivity contribution >= 4 is 5.78 Å². The number of ether oxygens (including phenoxy) is 2. The maximum atomic E-state index is 11.6. The fourth-order valence-corrected chi connectivity index (χ4v) is 1.91. The van der Waals surface area contributed by atoms with Gasteiger partial charge in [-0.2, -0.15) is 0 Å². The van der Waals surface area contributed by atoms with E-state index in [9.17, 15) is 30.3 Å². The van der Waals surface area contributed by atoms with Crippen molar-refractivity contribution < 1.29 is 50.0 Å². The van der Waals surface area contributed by atoms with Crippen LogP contribution in [0.2, 0.25) is 0 Å². The first-order chi connectivity index (χ1) is 10.2. The summed E-state index contributed by atoms with van der Waals surface area (Å²) < 4.78 is 10.00. The van der Waals surface area contributed by atoms with E-state index >= 15 is 0 Å². The van der Waals surface area contributed by atoms with E-state index in [0.717, 1.165) is 0 Å².